The predicted octanol–water partition coefficient (Wildman–Crippen LogP) is 2.88. The Balaban J connectivity index is 0.00000312. The van der Waals surface area contributed by atoms with Gasteiger partial charge in [0.2, 0.25) is 0 Å². The predicted molar refractivity (Wildman–Crippen MR) is 116 cm³/mol. The van der Waals surface area contributed by atoms with Gasteiger partial charge < -0.3 is 20.3 Å². The Morgan fingerprint density at radius 1 is 1.40 bits per heavy atom. The number of ether oxygens (including phenoxy) is 1. The molecule has 0 aliphatic carbocycles. The van der Waals surface area contributed by atoms with Crippen molar-refractivity contribution in [2.24, 2.45) is 10.9 Å². The van der Waals surface area contributed by atoms with E-state index in [1.807, 2.05) is 18.2 Å². The van der Waals surface area contributed by atoms with Crippen LogP contribution in [-0.2, 0) is 6.54 Å². The molecule has 140 valence electrons. The molecule has 0 aromatic heterocycles. The normalized spacial score (nSPS) is 17.7. The highest BCUT2D eigenvalue weighted by Gasteiger charge is 2.19. The van der Waals surface area contributed by atoms with E-state index in [4.69, 9.17) is 9.73 Å². The van der Waals surface area contributed by atoms with E-state index >= 15 is 0 Å². The van der Waals surface area contributed by atoms with Crippen LogP contribution >= 0.6 is 24.0 Å². The Bertz CT molecular complexity index is 550. The van der Waals surface area contributed by atoms with E-state index in [0.717, 1.165) is 36.9 Å². The van der Waals surface area contributed by atoms with Crippen molar-refractivity contribution in [2.75, 3.05) is 39.8 Å². The lowest BCUT2D eigenvalue weighted by Gasteiger charge is -2.15. The van der Waals surface area contributed by atoms with Crippen molar-refractivity contribution in [1.29, 1.82) is 0 Å². The average molecular weight is 458 g/mol. The van der Waals surface area contributed by atoms with E-state index in [-0.39, 0.29) is 24.0 Å². The molecule has 0 spiro atoms. The fourth-order valence-electron chi connectivity index (χ4n) is 2.86. The fourth-order valence-corrected chi connectivity index (χ4v) is 2.86. The minimum atomic E-state index is 0. The van der Waals surface area contributed by atoms with Gasteiger partial charge in [-0.3, -0.25) is 0 Å². The highest BCUT2D eigenvalue weighted by Crippen LogP contribution is 2.19. The molecule has 2 N–H and O–H groups in total. The number of halogens is 1. The molecule has 1 fully saturated rings. The topological polar surface area (TPSA) is 48.9 Å². The van der Waals surface area contributed by atoms with Crippen LogP contribution < -0.4 is 15.4 Å². The number of hydrogen-bond acceptors (Lipinski definition) is 3. The maximum Gasteiger partial charge on any atom is 0.191 e. The molecule has 1 aromatic carbocycles. The average Bonchev–Trinajstić information content (AvgIpc) is 3.01. The smallest absolute Gasteiger partial charge is 0.191 e. The minimum Gasteiger partial charge on any atom is -0.489 e. The van der Waals surface area contributed by atoms with Crippen LogP contribution in [0.3, 0.4) is 0 Å². The molecule has 1 unspecified atom stereocenters. The van der Waals surface area contributed by atoms with Crippen molar-refractivity contribution < 1.29 is 4.74 Å². The minimum absolute atomic E-state index is 0. The summed E-state index contributed by atoms with van der Waals surface area (Å²) in [6.45, 7) is 11.0. The van der Waals surface area contributed by atoms with Crippen LogP contribution in [0.15, 0.2) is 41.9 Å². The van der Waals surface area contributed by atoms with Gasteiger partial charge in [0, 0.05) is 25.2 Å². The van der Waals surface area contributed by atoms with E-state index in [0.29, 0.717) is 19.1 Å². The summed E-state index contributed by atoms with van der Waals surface area (Å²) in [6, 6.07) is 8.02. The molecule has 6 heteroatoms. The van der Waals surface area contributed by atoms with Crippen molar-refractivity contribution in [1.82, 2.24) is 15.5 Å². The van der Waals surface area contributed by atoms with Crippen LogP contribution in [-0.4, -0.2) is 50.7 Å². The molecule has 1 aliphatic heterocycles. The van der Waals surface area contributed by atoms with Crippen molar-refractivity contribution in [3.63, 3.8) is 0 Å². The standard InChI is InChI=1S/C19H30N4O.HI/c1-4-12-24-18-9-7-6-8-17(18)14-22-19(20-5-2)21-13-16-10-11-23(3)15-16;/h4,6-9,16H,1,5,10-15H2,2-3H3,(H2,20,21,22);1H. The molecule has 1 saturated heterocycles. The number of guanidine groups is 1. The lowest BCUT2D eigenvalue weighted by Crippen LogP contribution is -2.40. The summed E-state index contributed by atoms with van der Waals surface area (Å²) in [7, 11) is 2.18. The molecule has 25 heavy (non-hydrogen) atoms. The Morgan fingerprint density at radius 3 is 2.88 bits per heavy atom. The highest BCUT2D eigenvalue weighted by atomic mass is 127. The summed E-state index contributed by atoms with van der Waals surface area (Å²) in [6.07, 6.45) is 3.01. The van der Waals surface area contributed by atoms with Gasteiger partial charge in [-0.2, -0.15) is 0 Å². The van der Waals surface area contributed by atoms with Gasteiger partial charge in [0.15, 0.2) is 5.96 Å². The number of rotatable bonds is 8. The third kappa shape index (κ3) is 7.64. The van der Waals surface area contributed by atoms with Crippen molar-refractivity contribution in [2.45, 2.75) is 19.9 Å². The first-order valence-corrected chi connectivity index (χ1v) is 8.75. The second-order valence-corrected chi connectivity index (χ2v) is 6.20. The molecule has 1 aromatic rings. The lowest BCUT2D eigenvalue weighted by molar-refractivity contribution is 0.359. The first kappa shape index (κ1) is 21.8. The third-order valence-electron chi connectivity index (χ3n) is 4.13. The van der Waals surface area contributed by atoms with Gasteiger partial charge in [-0.1, -0.05) is 30.9 Å². The lowest BCUT2D eigenvalue weighted by atomic mass is 10.1. The number of nitrogens with one attached hydrogen (secondary N) is 2. The fraction of sp³-hybridized carbons (Fsp3) is 0.526. The molecule has 0 saturated carbocycles. The van der Waals surface area contributed by atoms with Gasteiger partial charge in [-0.15, -0.1) is 24.0 Å². The Morgan fingerprint density at radius 2 is 2.20 bits per heavy atom. The number of benzene rings is 1. The van der Waals surface area contributed by atoms with E-state index < -0.39 is 0 Å². The summed E-state index contributed by atoms with van der Waals surface area (Å²) in [5.74, 6) is 2.43. The van der Waals surface area contributed by atoms with Gasteiger partial charge in [-0.05, 0) is 38.9 Å². The Labute approximate surface area is 168 Å². The SMILES string of the molecule is C=CCOc1ccccc1CN=C(NCC)NCC1CCN(C)C1.I. The first-order chi connectivity index (χ1) is 11.7. The molecule has 5 nitrogen and oxygen atoms in total. The Kier molecular flexibility index (Phi) is 10.6. The highest BCUT2D eigenvalue weighted by molar-refractivity contribution is 14.0. The van der Waals surface area contributed by atoms with Gasteiger partial charge in [0.1, 0.15) is 12.4 Å². The van der Waals surface area contributed by atoms with Crippen LogP contribution in [0.4, 0.5) is 0 Å². The Hall–Kier alpha value is -1.28. The van der Waals surface area contributed by atoms with Crippen molar-refractivity contribution >= 4 is 29.9 Å². The maximum absolute atomic E-state index is 5.70. The zero-order valence-electron chi connectivity index (χ0n) is 15.3. The summed E-state index contributed by atoms with van der Waals surface area (Å²) < 4.78 is 5.70. The molecule has 1 aliphatic rings. The summed E-state index contributed by atoms with van der Waals surface area (Å²) in [5.41, 5.74) is 1.08. The molecular formula is C19H31IN4O. The number of para-hydroxylation sites is 1. The van der Waals surface area contributed by atoms with E-state index in [1.54, 1.807) is 6.08 Å². The molecule has 1 heterocycles. The zero-order chi connectivity index (χ0) is 17.2. The van der Waals surface area contributed by atoms with Crippen LogP contribution in [0.1, 0.15) is 18.9 Å². The van der Waals surface area contributed by atoms with Crippen LogP contribution in [0, 0.1) is 5.92 Å². The molecular weight excluding hydrogens is 427 g/mol. The summed E-state index contributed by atoms with van der Waals surface area (Å²) in [5, 5.41) is 6.79. The zero-order valence-corrected chi connectivity index (χ0v) is 17.7. The molecule has 0 radical (unpaired) electrons. The second kappa shape index (κ2) is 12.1. The summed E-state index contributed by atoms with van der Waals surface area (Å²) in [4.78, 5) is 7.09. The number of nitrogens with zero attached hydrogens (tertiary/aromatic N) is 2. The monoisotopic (exact) mass is 458 g/mol. The van der Waals surface area contributed by atoms with Crippen LogP contribution in [0.5, 0.6) is 5.75 Å². The van der Waals surface area contributed by atoms with Crippen LogP contribution in [0.2, 0.25) is 0 Å². The van der Waals surface area contributed by atoms with Crippen molar-refractivity contribution in [3.8, 4) is 5.75 Å². The number of likely N-dealkylation sites (tertiary alicyclic amines) is 1. The van der Waals surface area contributed by atoms with Gasteiger partial charge in [0.25, 0.3) is 0 Å². The molecule has 0 bridgehead atoms. The molecule has 1 atom stereocenters. The maximum atomic E-state index is 5.70. The van der Waals surface area contributed by atoms with Gasteiger partial charge in [-0.25, -0.2) is 4.99 Å². The van der Waals surface area contributed by atoms with E-state index in [2.05, 4.69) is 42.2 Å². The van der Waals surface area contributed by atoms with E-state index in [1.165, 1.54) is 13.0 Å². The summed E-state index contributed by atoms with van der Waals surface area (Å²) >= 11 is 0. The number of hydrogen-bond donors (Lipinski definition) is 2. The quantitative estimate of drug-likeness (QED) is 0.272. The first-order valence-electron chi connectivity index (χ1n) is 8.75. The molecule has 0 amide bonds. The van der Waals surface area contributed by atoms with Crippen LogP contribution in [0.25, 0.3) is 0 Å². The van der Waals surface area contributed by atoms with Gasteiger partial charge >= 0.3 is 0 Å². The third-order valence-corrected chi connectivity index (χ3v) is 4.13. The van der Waals surface area contributed by atoms with E-state index in [9.17, 15) is 0 Å². The molecule has 2 rings (SSSR count). The largest absolute Gasteiger partial charge is 0.489 e. The van der Waals surface area contributed by atoms with Gasteiger partial charge in [0.05, 0.1) is 6.54 Å². The second-order valence-electron chi connectivity index (χ2n) is 6.20. The number of aliphatic imine (C=N–C) groups is 1. The van der Waals surface area contributed by atoms with Crippen molar-refractivity contribution in [3.05, 3.63) is 42.5 Å².